The Morgan fingerprint density at radius 2 is 1.52 bits per heavy atom. The van der Waals surface area contributed by atoms with E-state index >= 15 is 0 Å². The molecule has 2 rings (SSSR count). The Hall–Kier alpha value is -2.86. The van der Waals surface area contributed by atoms with Crippen molar-refractivity contribution in [3.63, 3.8) is 0 Å². The van der Waals surface area contributed by atoms with Gasteiger partial charge in [-0.15, -0.1) is 0 Å². The second kappa shape index (κ2) is 9.52. The van der Waals surface area contributed by atoms with Gasteiger partial charge >= 0.3 is 0 Å². The van der Waals surface area contributed by atoms with Crippen LogP contribution in [0.1, 0.15) is 68.6 Å². The topological polar surface area (TPSA) is 90.8 Å². The highest BCUT2D eigenvalue weighted by molar-refractivity contribution is 6.30. The van der Waals surface area contributed by atoms with E-state index in [1.54, 1.807) is 24.3 Å². The van der Waals surface area contributed by atoms with Crippen molar-refractivity contribution in [3.8, 4) is 5.75 Å². The van der Waals surface area contributed by atoms with Gasteiger partial charge in [0.1, 0.15) is 5.75 Å². The number of rotatable bonds is 5. The molecule has 0 aromatic heterocycles. The molecule has 0 atom stereocenters. The van der Waals surface area contributed by atoms with E-state index < -0.39 is 5.91 Å². The maximum atomic E-state index is 12.1. The fourth-order valence-corrected chi connectivity index (χ4v) is 3.08. The Labute approximate surface area is 188 Å². The van der Waals surface area contributed by atoms with Crippen LogP contribution in [0.4, 0.5) is 0 Å². The van der Waals surface area contributed by atoms with E-state index in [1.807, 2.05) is 53.7 Å². The molecule has 2 aromatic rings. The summed E-state index contributed by atoms with van der Waals surface area (Å²) in [4.78, 5) is 24.1. The predicted octanol–water partition coefficient (Wildman–Crippen LogP) is 4.52. The second-order valence-electron chi connectivity index (χ2n) is 9.45. The first-order valence-corrected chi connectivity index (χ1v) is 10.4. The monoisotopic (exact) mass is 443 g/mol. The SMILES string of the molecule is CC(C)(C)c1cc(/C=N/NC(=O)CNC(=O)c2ccc(Cl)cc2)cc(C(C)(C)C)c1O. The van der Waals surface area contributed by atoms with Gasteiger partial charge in [0.15, 0.2) is 0 Å². The zero-order valence-corrected chi connectivity index (χ0v) is 19.6. The van der Waals surface area contributed by atoms with Crippen LogP contribution in [0.15, 0.2) is 41.5 Å². The molecule has 2 amide bonds. The van der Waals surface area contributed by atoms with Gasteiger partial charge in [-0.25, -0.2) is 5.43 Å². The molecular formula is C24H30ClN3O3. The Bertz CT molecular complexity index is 950. The molecule has 0 saturated heterocycles. The molecule has 31 heavy (non-hydrogen) atoms. The van der Waals surface area contributed by atoms with E-state index in [0.29, 0.717) is 10.6 Å². The van der Waals surface area contributed by atoms with E-state index in [9.17, 15) is 14.7 Å². The van der Waals surface area contributed by atoms with Gasteiger partial charge in [-0.05, 0) is 52.8 Å². The highest BCUT2D eigenvalue weighted by Crippen LogP contribution is 2.39. The summed E-state index contributed by atoms with van der Waals surface area (Å²) < 4.78 is 0. The lowest BCUT2D eigenvalue weighted by Gasteiger charge is -2.27. The number of nitrogens with zero attached hydrogens (tertiary/aromatic N) is 1. The van der Waals surface area contributed by atoms with Crippen LogP contribution in [0.5, 0.6) is 5.75 Å². The fraction of sp³-hybridized carbons (Fsp3) is 0.375. The summed E-state index contributed by atoms with van der Waals surface area (Å²) in [6.45, 7) is 12.0. The summed E-state index contributed by atoms with van der Waals surface area (Å²) in [5, 5.41) is 17.8. The normalized spacial score (nSPS) is 12.1. The summed E-state index contributed by atoms with van der Waals surface area (Å²) >= 11 is 5.80. The van der Waals surface area contributed by atoms with Gasteiger partial charge in [-0.1, -0.05) is 53.1 Å². The molecule has 0 aliphatic carbocycles. The van der Waals surface area contributed by atoms with Crippen LogP contribution in [0, 0.1) is 0 Å². The first-order valence-electron chi connectivity index (χ1n) is 10.0. The molecule has 2 aromatic carbocycles. The van der Waals surface area contributed by atoms with Crippen LogP contribution in [0.3, 0.4) is 0 Å². The average molecular weight is 444 g/mol. The van der Waals surface area contributed by atoms with Crippen molar-refractivity contribution in [2.24, 2.45) is 5.10 Å². The zero-order valence-electron chi connectivity index (χ0n) is 18.8. The smallest absolute Gasteiger partial charge is 0.259 e. The third-order valence-electron chi connectivity index (χ3n) is 4.67. The first-order chi connectivity index (χ1) is 14.3. The fourth-order valence-electron chi connectivity index (χ4n) is 2.96. The van der Waals surface area contributed by atoms with E-state index in [2.05, 4.69) is 15.8 Å². The number of hydrazone groups is 1. The molecule has 0 aliphatic heterocycles. The standard InChI is InChI=1S/C24H30ClN3O3/c1-23(2,3)18-11-15(12-19(21(18)30)24(4,5)6)13-27-28-20(29)14-26-22(31)16-7-9-17(25)10-8-16/h7-13,30H,14H2,1-6H3,(H,26,31)(H,28,29)/b27-13+. The van der Waals surface area contributed by atoms with Gasteiger partial charge in [0, 0.05) is 21.7 Å². The molecule has 0 unspecified atom stereocenters. The summed E-state index contributed by atoms with van der Waals surface area (Å²) in [5.41, 5.74) is 4.68. The van der Waals surface area contributed by atoms with Gasteiger partial charge in [0.05, 0.1) is 12.8 Å². The number of hydrogen-bond donors (Lipinski definition) is 3. The van der Waals surface area contributed by atoms with Gasteiger partial charge < -0.3 is 10.4 Å². The largest absolute Gasteiger partial charge is 0.507 e. The Balaban J connectivity index is 2.07. The maximum absolute atomic E-state index is 12.1. The molecule has 0 radical (unpaired) electrons. The first kappa shape index (κ1) is 24.4. The summed E-state index contributed by atoms with van der Waals surface area (Å²) in [5.74, 6) is -0.547. The summed E-state index contributed by atoms with van der Waals surface area (Å²) in [7, 11) is 0. The number of carbonyl (C=O) groups excluding carboxylic acids is 2. The van der Waals surface area contributed by atoms with Crippen LogP contribution < -0.4 is 10.7 Å². The highest BCUT2D eigenvalue weighted by Gasteiger charge is 2.26. The minimum Gasteiger partial charge on any atom is -0.507 e. The lowest BCUT2D eigenvalue weighted by atomic mass is 9.78. The van der Waals surface area contributed by atoms with Crippen molar-refractivity contribution in [3.05, 3.63) is 63.7 Å². The third kappa shape index (κ3) is 6.82. The van der Waals surface area contributed by atoms with Crippen LogP contribution in [0.25, 0.3) is 0 Å². The van der Waals surface area contributed by atoms with E-state index in [4.69, 9.17) is 11.6 Å². The molecule has 166 valence electrons. The van der Waals surface area contributed by atoms with Crippen molar-refractivity contribution in [1.82, 2.24) is 10.7 Å². The average Bonchev–Trinajstić information content (AvgIpc) is 2.66. The maximum Gasteiger partial charge on any atom is 0.259 e. The number of amides is 2. The Morgan fingerprint density at radius 1 is 1.00 bits per heavy atom. The van der Waals surface area contributed by atoms with Gasteiger partial charge in [-0.2, -0.15) is 5.10 Å². The van der Waals surface area contributed by atoms with E-state index in [0.717, 1.165) is 16.7 Å². The molecule has 3 N–H and O–H groups in total. The number of aromatic hydroxyl groups is 1. The van der Waals surface area contributed by atoms with Crippen LogP contribution in [-0.2, 0) is 15.6 Å². The van der Waals surface area contributed by atoms with Crippen molar-refractivity contribution >= 4 is 29.6 Å². The van der Waals surface area contributed by atoms with Crippen molar-refractivity contribution < 1.29 is 14.7 Å². The number of hydrogen-bond acceptors (Lipinski definition) is 4. The lowest BCUT2D eigenvalue weighted by molar-refractivity contribution is -0.120. The number of carbonyl (C=O) groups is 2. The van der Waals surface area contributed by atoms with Crippen LogP contribution in [0.2, 0.25) is 5.02 Å². The Morgan fingerprint density at radius 3 is 2.00 bits per heavy atom. The molecule has 6 nitrogen and oxygen atoms in total. The number of phenolic OH excluding ortho intramolecular Hbond substituents is 1. The number of halogens is 1. The molecule has 0 aliphatic rings. The molecule has 0 fully saturated rings. The van der Waals surface area contributed by atoms with Gasteiger partial charge in [-0.3, -0.25) is 9.59 Å². The van der Waals surface area contributed by atoms with E-state index in [1.165, 1.54) is 6.21 Å². The minimum absolute atomic E-state index is 0.213. The quantitative estimate of drug-likeness (QED) is 0.468. The zero-order chi connectivity index (χ0) is 23.4. The molecule has 0 heterocycles. The molecular weight excluding hydrogens is 414 g/mol. The predicted molar refractivity (Wildman–Crippen MR) is 125 cm³/mol. The van der Waals surface area contributed by atoms with Crippen molar-refractivity contribution in [2.45, 2.75) is 52.4 Å². The summed E-state index contributed by atoms with van der Waals surface area (Å²) in [6, 6.07) is 10.1. The molecule has 0 spiro atoms. The van der Waals surface area contributed by atoms with Crippen molar-refractivity contribution in [2.75, 3.05) is 6.54 Å². The van der Waals surface area contributed by atoms with Gasteiger partial charge in [0.25, 0.3) is 11.8 Å². The Kier molecular flexibility index (Phi) is 7.49. The van der Waals surface area contributed by atoms with Crippen LogP contribution >= 0.6 is 11.6 Å². The van der Waals surface area contributed by atoms with Crippen molar-refractivity contribution in [1.29, 1.82) is 0 Å². The number of benzene rings is 2. The molecule has 7 heteroatoms. The molecule has 0 bridgehead atoms. The minimum atomic E-state index is -0.454. The van der Waals surface area contributed by atoms with E-state index in [-0.39, 0.29) is 29.0 Å². The van der Waals surface area contributed by atoms with Crippen LogP contribution in [-0.4, -0.2) is 29.7 Å². The summed E-state index contributed by atoms with van der Waals surface area (Å²) in [6.07, 6.45) is 1.53. The lowest BCUT2D eigenvalue weighted by Crippen LogP contribution is -2.34. The second-order valence-corrected chi connectivity index (χ2v) is 9.88. The number of phenols is 1. The third-order valence-corrected chi connectivity index (χ3v) is 4.92. The van der Waals surface area contributed by atoms with Gasteiger partial charge in [0.2, 0.25) is 0 Å². The molecule has 0 saturated carbocycles. The highest BCUT2D eigenvalue weighted by atomic mass is 35.5. The number of nitrogens with one attached hydrogen (secondary N) is 2.